The molecule has 1 fully saturated rings. The number of nitrogens with zero attached hydrogens (tertiary/aromatic N) is 2. The first-order valence-electron chi connectivity index (χ1n) is 6.66. The highest BCUT2D eigenvalue weighted by Crippen LogP contribution is 2.21. The molecule has 3 nitrogen and oxygen atoms in total. The summed E-state index contributed by atoms with van der Waals surface area (Å²) in [7, 11) is 0. The SMILES string of the molecule is CCN1CCN(C(CN)c2ccc(F)cc2)CC1. The van der Waals surface area contributed by atoms with Crippen LogP contribution >= 0.6 is 0 Å². The van der Waals surface area contributed by atoms with E-state index in [1.54, 1.807) is 0 Å². The smallest absolute Gasteiger partial charge is 0.123 e. The summed E-state index contributed by atoms with van der Waals surface area (Å²) in [6, 6.07) is 6.93. The molecule has 2 rings (SSSR count). The summed E-state index contributed by atoms with van der Waals surface area (Å²) in [4.78, 5) is 4.84. The van der Waals surface area contributed by atoms with Gasteiger partial charge in [-0.15, -0.1) is 0 Å². The summed E-state index contributed by atoms with van der Waals surface area (Å²) in [6.07, 6.45) is 0. The van der Waals surface area contributed by atoms with Crippen LogP contribution in [0.2, 0.25) is 0 Å². The summed E-state index contributed by atoms with van der Waals surface area (Å²) < 4.78 is 12.9. The van der Waals surface area contributed by atoms with Gasteiger partial charge in [0.1, 0.15) is 5.82 Å². The van der Waals surface area contributed by atoms with Gasteiger partial charge < -0.3 is 10.6 Å². The van der Waals surface area contributed by atoms with Gasteiger partial charge in [-0.25, -0.2) is 4.39 Å². The van der Waals surface area contributed by atoms with Crippen LogP contribution in [0.15, 0.2) is 24.3 Å². The molecule has 1 aliphatic heterocycles. The summed E-state index contributed by atoms with van der Waals surface area (Å²) in [5.41, 5.74) is 7.01. The van der Waals surface area contributed by atoms with Crippen molar-refractivity contribution in [2.45, 2.75) is 13.0 Å². The van der Waals surface area contributed by atoms with E-state index in [-0.39, 0.29) is 11.9 Å². The maximum absolute atomic E-state index is 12.9. The van der Waals surface area contributed by atoms with Crippen LogP contribution in [0.3, 0.4) is 0 Å². The van der Waals surface area contributed by atoms with Gasteiger partial charge in [0.15, 0.2) is 0 Å². The lowest BCUT2D eigenvalue weighted by atomic mass is 10.0. The van der Waals surface area contributed by atoms with Crippen LogP contribution in [-0.4, -0.2) is 49.1 Å². The summed E-state index contributed by atoms with van der Waals surface area (Å²) >= 11 is 0. The van der Waals surface area contributed by atoms with E-state index in [9.17, 15) is 4.39 Å². The molecule has 0 bridgehead atoms. The fourth-order valence-corrected chi connectivity index (χ4v) is 2.57. The second-order valence-electron chi connectivity index (χ2n) is 4.77. The Bertz CT molecular complexity index is 358. The first kappa shape index (κ1) is 13.5. The van der Waals surface area contributed by atoms with E-state index in [0.29, 0.717) is 6.54 Å². The van der Waals surface area contributed by atoms with Gasteiger partial charge in [0, 0.05) is 38.8 Å². The summed E-state index contributed by atoms with van der Waals surface area (Å²) in [6.45, 7) is 8.13. The average molecular weight is 251 g/mol. The maximum atomic E-state index is 12.9. The Morgan fingerprint density at radius 2 is 1.78 bits per heavy atom. The molecular weight excluding hydrogens is 229 g/mol. The van der Waals surface area contributed by atoms with Crippen LogP contribution in [-0.2, 0) is 0 Å². The van der Waals surface area contributed by atoms with Crippen molar-refractivity contribution in [1.29, 1.82) is 0 Å². The predicted molar refractivity (Wildman–Crippen MR) is 71.9 cm³/mol. The molecule has 1 aliphatic rings. The molecule has 0 saturated carbocycles. The van der Waals surface area contributed by atoms with Gasteiger partial charge in [-0.2, -0.15) is 0 Å². The van der Waals surface area contributed by atoms with E-state index in [4.69, 9.17) is 5.73 Å². The monoisotopic (exact) mass is 251 g/mol. The van der Waals surface area contributed by atoms with Crippen molar-refractivity contribution in [3.8, 4) is 0 Å². The van der Waals surface area contributed by atoms with Crippen LogP contribution < -0.4 is 5.73 Å². The second kappa shape index (κ2) is 6.27. The Hall–Kier alpha value is -0.970. The van der Waals surface area contributed by atoms with E-state index in [1.807, 2.05) is 12.1 Å². The van der Waals surface area contributed by atoms with Gasteiger partial charge in [-0.3, -0.25) is 4.90 Å². The van der Waals surface area contributed by atoms with E-state index in [2.05, 4.69) is 16.7 Å². The lowest BCUT2D eigenvalue weighted by molar-refractivity contribution is 0.102. The first-order chi connectivity index (χ1) is 8.74. The van der Waals surface area contributed by atoms with E-state index >= 15 is 0 Å². The van der Waals surface area contributed by atoms with Gasteiger partial charge in [0.25, 0.3) is 0 Å². The lowest BCUT2D eigenvalue weighted by Gasteiger charge is -2.38. The van der Waals surface area contributed by atoms with Gasteiger partial charge in [-0.1, -0.05) is 19.1 Å². The third-order valence-electron chi connectivity index (χ3n) is 3.77. The molecule has 0 aliphatic carbocycles. The Balaban J connectivity index is 2.03. The highest BCUT2D eigenvalue weighted by Gasteiger charge is 2.23. The zero-order chi connectivity index (χ0) is 13.0. The Morgan fingerprint density at radius 3 is 2.28 bits per heavy atom. The van der Waals surface area contributed by atoms with Crippen molar-refractivity contribution in [3.05, 3.63) is 35.6 Å². The number of nitrogens with two attached hydrogens (primary N) is 1. The van der Waals surface area contributed by atoms with Crippen molar-refractivity contribution in [2.24, 2.45) is 5.73 Å². The normalized spacial score (nSPS) is 19.9. The van der Waals surface area contributed by atoms with Crippen LogP contribution in [0, 0.1) is 5.82 Å². The Morgan fingerprint density at radius 1 is 1.17 bits per heavy atom. The fraction of sp³-hybridized carbons (Fsp3) is 0.571. The molecule has 0 amide bonds. The van der Waals surface area contributed by atoms with Gasteiger partial charge in [0.2, 0.25) is 0 Å². The quantitative estimate of drug-likeness (QED) is 0.879. The van der Waals surface area contributed by atoms with Gasteiger partial charge in [0.05, 0.1) is 0 Å². The molecule has 1 aromatic carbocycles. The van der Waals surface area contributed by atoms with Crippen molar-refractivity contribution in [1.82, 2.24) is 9.80 Å². The molecule has 100 valence electrons. The summed E-state index contributed by atoms with van der Waals surface area (Å²) in [5.74, 6) is -0.190. The molecule has 0 aromatic heterocycles. The molecule has 0 spiro atoms. The number of likely N-dealkylation sites (N-methyl/N-ethyl adjacent to an activating group) is 1. The zero-order valence-electron chi connectivity index (χ0n) is 11.0. The highest BCUT2D eigenvalue weighted by molar-refractivity contribution is 5.20. The standard InChI is InChI=1S/C14H22FN3/c1-2-17-7-9-18(10-8-17)14(11-16)12-3-5-13(15)6-4-12/h3-6,14H,2,7-11,16H2,1H3. The van der Waals surface area contributed by atoms with E-state index < -0.39 is 0 Å². The molecule has 4 heteroatoms. The molecule has 1 saturated heterocycles. The van der Waals surface area contributed by atoms with Crippen LogP contribution in [0.1, 0.15) is 18.5 Å². The molecule has 18 heavy (non-hydrogen) atoms. The highest BCUT2D eigenvalue weighted by atomic mass is 19.1. The molecule has 1 unspecified atom stereocenters. The largest absolute Gasteiger partial charge is 0.329 e. The van der Waals surface area contributed by atoms with Gasteiger partial charge in [-0.05, 0) is 24.2 Å². The third kappa shape index (κ3) is 3.07. The Labute approximate surface area is 108 Å². The fourth-order valence-electron chi connectivity index (χ4n) is 2.57. The molecule has 1 heterocycles. The molecule has 1 aromatic rings. The molecule has 1 atom stereocenters. The maximum Gasteiger partial charge on any atom is 0.123 e. The zero-order valence-corrected chi connectivity index (χ0v) is 11.0. The number of piperazine rings is 1. The minimum absolute atomic E-state index is 0.190. The van der Waals surface area contributed by atoms with Crippen LogP contribution in [0.5, 0.6) is 0 Å². The number of halogens is 1. The molecule has 2 N–H and O–H groups in total. The first-order valence-corrected chi connectivity index (χ1v) is 6.66. The van der Waals surface area contributed by atoms with Crippen LogP contribution in [0.25, 0.3) is 0 Å². The number of hydrogen-bond donors (Lipinski definition) is 1. The predicted octanol–water partition coefficient (Wildman–Crippen LogP) is 1.46. The van der Waals surface area contributed by atoms with E-state index in [1.165, 1.54) is 12.1 Å². The molecular formula is C14H22FN3. The summed E-state index contributed by atoms with van der Waals surface area (Å²) in [5, 5.41) is 0. The van der Waals surface area contributed by atoms with Crippen molar-refractivity contribution in [2.75, 3.05) is 39.3 Å². The Kier molecular flexibility index (Phi) is 4.69. The topological polar surface area (TPSA) is 32.5 Å². The van der Waals surface area contributed by atoms with Crippen molar-refractivity contribution < 1.29 is 4.39 Å². The second-order valence-corrected chi connectivity index (χ2v) is 4.77. The minimum atomic E-state index is -0.190. The van der Waals surface area contributed by atoms with E-state index in [0.717, 1.165) is 38.3 Å². The van der Waals surface area contributed by atoms with Crippen molar-refractivity contribution in [3.63, 3.8) is 0 Å². The third-order valence-corrected chi connectivity index (χ3v) is 3.77. The lowest BCUT2D eigenvalue weighted by Crippen LogP contribution is -2.48. The van der Waals surface area contributed by atoms with Crippen LogP contribution in [0.4, 0.5) is 4.39 Å². The molecule has 0 radical (unpaired) electrons. The minimum Gasteiger partial charge on any atom is -0.329 e. The number of hydrogen-bond acceptors (Lipinski definition) is 3. The van der Waals surface area contributed by atoms with Crippen molar-refractivity contribution >= 4 is 0 Å². The average Bonchev–Trinajstić information content (AvgIpc) is 2.42. The van der Waals surface area contributed by atoms with Gasteiger partial charge >= 0.3 is 0 Å². The number of benzene rings is 1. The number of rotatable bonds is 4.